The Hall–Kier alpha value is -5.35. The van der Waals surface area contributed by atoms with Gasteiger partial charge >= 0.3 is 0 Å². The van der Waals surface area contributed by atoms with Gasteiger partial charge in [-0.05, 0) is 109 Å². The molecule has 0 unspecified atom stereocenters. The monoisotopic (exact) mass is 731 g/mol. The highest BCUT2D eigenvalue weighted by atomic mass is 16.2. The van der Waals surface area contributed by atoms with Gasteiger partial charge in [0.2, 0.25) is 0 Å². The molecule has 0 aliphatic carbocycles. The van der Waals surface area contributed by atoms with Crippen LogP contribution in [0.1, 0.15) is 112 Å². The fourth-order valence-electron chi connectivity index (χ4n) is 6.68. The standard InChI is InChI=1S/C51H61N3O/c1-5-9-38-52(39-10-6-2)47-30-22-42(23-31-47)18-20-44-26-34-49(35-27-44)54(51(55)46-16-14-13-15-17-46)50-36-28-45(29-37-50)21-19-43-24-32-48(33-25-43)53(40-11-7-3)41-12-8-4/h13-37H,5-12,38-41H2,1-4H3/b20-18+,21-19+. The zero-order chi connectivity index (χ0) is 38.7. The SMILES string of the molecule is CCCCN(CCCC)c1ccc(/C=C/c2ccc(N(C(=O)c3ccccc3)c3ccc(/C=C/c4ccc(N(CCCC)CCCC)cc4)cc3)cc2)cc1. The van der Waals surface area contributed by atoms with Crippen molar-refractivity contribution in [3.05, 3.63) is 155 Å². The van der Waals surface area contributed by atoms with Gasteiger partial charge in [0.05, 0.1) is 0 Å². The van der Waals surface area contributed by atoms with E-state index in [4.69, 9.17) is 0 Å². The van der Waals surface area contributed by atoms with Gasteiger partial charge in [-0.3, -0.25) is 9.69 Å². The average Bonchev–Trinajstić information content (AvgIpc) is 3.24. The molecule has 0 aliphatic heterocycles. The van der Waals surface area contributed by atoms with Gasteiger partial charge in [-0.25, -0.2) is 0 Å². The molecule has 0 heterocycles. The van der Waals surface area contributed by atoms with Crippen molar-refractivity contribution < 1.29 is 4.79 Å². The molecule has 0 radical (unpaired) electrons. The summed E-state index contributed by atoms with van der Waals surface area (Å²) >= 11 is 0. The van der Waals surface area contributed by atoms with Crippen molar-refractivity contribution in [1.29, 1.82) is 0 Å². The maximum Gasteiger partial charge on any atom is 0.262 e. The van der Waals surface area contributed by atoms with Crippen LogP contribution in [-0.2, 0) is 0 Å². The van der Waals surface area contributed by atoms with Gasteiger partial charge in [-0.1, -0.05) is 144 Å². The van der Waals surface area contributed by atoms with E-state index in [0.29, 0.717) is 5.56 Å². The first-order valence-corrected chi connectivity index (χ1v) is 20.7. The summed E-state index contributed by atoms with van der Waals surface area (Å²) in [5.74, 6) is -0.0637. The second-order valence-electron chi connectivity index (χ2n) is 14.4. The molecule has 0 spiro atoms. The van der Waals surface area contributed by atoms with Crippen LogP contribution in [0.15, 0.2) is 127 Å². The van der Waals surface area contributed by atoms with Crippen molar-refractivity contribution in [3.63, 3.8) is 0 Å². The number of benzene rings is 5. The van der Waals surface area contributed by atoms with Crippen molar-refractivity contribution in [2.45, 2.75) is 79.1 Å². The van der Waals surface area contributed by atoms with E-state index in [2.05, 4.69) is 135 Å². The minimum absolute atomic E-state index is 0.0637. The van der Waals surface area contributed by atoms with Crippen LogP contribution in [0.25, 0.3) is 24.3 Å². The third-order valence-corrected chi connectivity index (χ3v) is 10.1. The second-order valence-corrected chi connectivity index (χ2v) is 14.4. The molecule has 4 nitrogen and oxygen atoms in total. The van der Waals surface area contributed by atoms with E-state index < -0.39 is 0 Å². The molecule has 55 heavy (non-hydrogen) atoms. The van der Waals surface area contributed by atoms with E-state index in [0.717, 1.165) is 48.7 Å². The smallest absolute Gasteiger partial charge is 0.262 e. The van der Waals surface area contributed by atoms with Crippen molar-refractivity contribution in [1.82, 2.24) is 0 Å². The predicted octanol–water partition coefficient (Wildman–Crippen LogP) is 13.8. The molecule has 0 bridgehead atoms. The van der Waals surface area contributed by atoms with E-state index in [9.17, 15) is 4.79 Å². The number of rotatable bonds is 21. The van der Waals surface area contributed by atoms with Gasteiger partial charge in [0.1, 0.15) is 0 Å². The molecule has 0 aromatic heterocycles. The first kappa shape index (κ1) is 40.8. The molecule has 0 aliphatic rings. The summed E-state index contributed by atoms with van der Waals surface area (Å²) < 4.78 is 0. The first-order chi connectivity index (χ1) is 27.0. The zero-order valence-electron chi connectivity index (χ0n) is 33.7. The number of carbonyl (C=O) groups excluding carboxylic acids is 1. The Morgan fingerprint density at radius 1 is 0.400 bits per heavy atom. The zero-order valence-corrected chi connectivity index (χ0v) is 33.7. The third-order valence-electron chi connectivity index (χ3n) is 10.1. The van der Waals surface area contributed by atoms with Crippen molar-refractivity contribution in [2.24, 2.45) is 0 Å². The van der Waals surface area contributed by atoms with Crippen molar-refractivity contribution in [2.75, 3.05) is 40.9 Å². The second kappa shape index (κ2) is 22.1. The van der Waals surface area contributed by atoms with Crippen LogP contribution >= 0.6 is 0 Å². The Labute approximate surface area is 331 Å². The highest BCUT2D eigenvalue weighted by molar-refractivity contribution is 6.11. The van der Waals surface area contributed by atoms with Crippen LogP contribution < -0.4 is 14.7 Å². The fraction of sp³-hybridized carbons (Fsp3) is 0.314. The number of nitrogens with zero attached hydrogens (tertiary/aromatic N) is 3. The van der Waals surface area contributed by atoms with Crippen LogP contribution in [0.4, 0.5) is 22.7 Å². The molecule has 0 fully saturated rings. The van der Waals surface area contributed by atoms with E-state index in [1.54, 1.807) is 4.90 Å². The van der Waals surface area contributed by atoms with E-state index in [-0.39, 0.29) is 5.91 Å². The van der Waals surface area contributed by atoms with E-state index in [1.807, 2.05) is 54.6 Å². The Morgan fingerprint density at radius 3 is 0.982 bits per heavy atom. The number of anilines is 4. The number of hydrogen-bond acceptors (Lipinski definition) is 3. The van der Waals surface area contributed by atoms with Crippen LogP contribution in [0.3, 0.4) is 0 Å². The topological polar surface area (TPSA) is 26.8 Å². The fourth-order valence-corrected chi connectivity index (χ4v) is 6.68. The Kier molecular flexibility index (Phi) is 16.4. The van der Waals surface area contributed by atoms with Gasteiger partial charge in [-0.15, -0.1) is 0 Å². The quantitative estimate of drug-likeness (QED) is 0.0703. The van der Waals surface area contributed by atoms with Crippen LogP contribution in [-0.4, -0.2) is 32.1 Å². The summed E-state index contributed by atoms with van der Waals surface area (Å²) in [6.07, 6.45) is 18.3. The molecule has 5 aromatic carbocycles. The maximum atomic E-state index is 14.0. The largest absolute Gasteiger partial charge is 0.372 e. The lowest BCUT2D eigenvalue weighted by Gasteiger charge is -2.24. The number of unbranched alkanes of at least 4 members (excludes halogenated alkanes) is 4. The molecule has 5 aromatic rings. The minimum Gasteiger partial charge on any atom is -0.372 e. The molecular formula is C51H61N3O. The molecule has 4 heteroatoms. The van der Waals surface area contributed by atoms with Crippen molar-refractivity contribution >= 4 is 53.0 Å². The van der Waals surface area contributed by atoms with E-state index >= 15 is 0 Å². The summed E-state index contributed by atoms with van der Waals surface area (Å²) in [7, 11) is 0. The molecular weight excluding hydrogens is 671 g/mol. The van der Waals surface area contributed by atoms with Gasteiger partial charge in [-0.2, -0.15) is 0 Å². The lowest BCUT2D eigenvalue weighted by atomic mass is 10.1. The lowest BCUT2D eigenvalue weighted by Crippen LogP contribution is -2.25. The van der Waals surface area contributed by atoms with Gasteiger partial charge in [0.15, 0.2) is 0 Å². The Balaban J connectivity index is 1.29. The van der Waals surface area contributed by atoms with Crippen molar-refractivity contribution in [3.8, 4) is 0 Å². The number of amides is 1. The third kappa shape index (κ3) is 12.3. The molecule has 5 rings (SSSR count). The summed E-state index contributed by atoms with van der Waals surface area (Å²) in [6, 6.07) is 43.8. The van der Waals surface area contributed by atoms with Gasteiger partial charge in [0.25, 0.3) is 5.91 Å². The van der Waals surface area contributed by atoms with Crippen LogP contribution in [0.2, 0.25) is 0 Å². The van der Waals surface area contributed by atoms with Crippen LogP contribution in [0, 0.1) is 0 Å². The van der Waals surface area contributed by atoms with Gasteiger partial charge < -0.3 is 9.80 Å². The summed E-state index contributed by atoms with van der Waals surface area (Å²) in [4.78, 5) is 20.8. The molecule has 1 amide bonds. The summed E-state index contributed by atoms with van der Waals surface area (Å²) in [5, 5.41) is 0. The van der Waals surface area contributed by atoms with E-state index in [1.165, 1.54) is 73.9 Å². The van der Waals surface area contributed by atoms with Crippen LogP contribution in [0.5, 0.6) is 0 Å². The summed E-state index contributed by atoms with van der Waals surface area (Å²) in [6.45, 7) is 13.4. The predicted molar refractivity (Wildman–Crippen MR) is 241 cm³/mol. The first-order valence-electron chi connectivity index (χ1n) is 20.7. The Bertz CT molecular complexity index is 1760. The lowest BCUT2D eigenvalue weighted by molar-refractivity contribution is 0.0999. The molecule has 286 valence electrons. The van der Waals surface area contributed by atoms with Gasteiger partial charge in [0, 0.05) is 54.5 Å². The molecule has 0 atom stereocenters. The average molecular weight is 732 g/mol. The summed E-state index contributed by atoms with van der Waals surface area (Å²) in [5.41, 5.74) is 9.39. The normalized spacial score (nSPS) is 11.3. The Morgan fingerprint density at radius 2 is 0.691 bits per heavy atom. The molecule has 0 N–H and O–H groups in total. The number of hydrogen-bond donors (Lipinski definition) is 0. The maximum absolute atomic E-state index is 14.0. The highest BCUT2D eigenvalue weighted by Gasteiger charge is 2.20. The molecule has 0 saturated carbocycles. The minimum atomic E-state index is -0.0637. The molecule has 0 saturated heterocycles. The highest BCUT2D eigenvalue weighted by Crippen LogP contribution is 2.29. The number of carbonyl (C=O) groups is 1.